The Balaban J connectivity index is 1.59. The highest BCUT2D eigenvalue weighted by Crippen LogP contribution is 2.36. The molecule has 1 aliphatic rings. The molecule has 7 nitrogen and oxygen atoms in total. The van der Waals surface area contributed by atoms with Gasteiger partial charge in [-0.25, -0.2) is 0 Å². The monoisotopic (exact) mass is 452 g/mol. The van der Waals surface area contributed by atoms with Crippen LogP contribution in [0.5, 0.6) is 0 Å². The number of alkyl halides is 3. The van der Waals surface area contributed by atoms with Crippen molar-refractivity contribution in [2.24, 2.45) is 0 Å². The molecule has 1 fully saturated rings. The van der Waals surface area contributed by atoms with E-state index >= 15 is 0 Å². The number of carbonyl (C=O) groups excluding carboxylic acids is 1. The number of amides is 1. The highest BCUT2D eigenvalue weighted by Gasteiger charge is 2.33. The number of carbonyl (C=O) groups is 1. The number of hydrogen-bond donors (Lipinski definition) is 1. The van der Waals surface area contributed by atoms with Gasteiger partial charge in [0.05, 0.1) is 22.8 Å². The summed E-state index contributed by atoms with van der Waals surface area (Å²) in [5.74, 6) is 0.100. The van der Waals surface area contributed by atoms with Crippen LogP contribution in [0.2, 0.25) is 5.02 Å². The van der Waals surface area contributed by atoms with E-state index in [-0.39, 0.29) is 12.2 Å². The van der Waals surface area contributed by atoms with Crippen molar-refractivity contribution in [1.29, 1.82) is 5.26 Å². The van der Waals surface area contributed by atoms with E-state index in [1.165, 1.54) is 6.07 Å². The van der Waals surface area contributed by atoms with Gasteiger partial charge in [0.1, 0.15) is 11.6 Å². The van der Waals surface area contributed by atoms with E-state index in [0.717, 1.165) is 17.7 Å². The molecule has 0 radical (unpaired) electrons. The lowest BCUT2D eigenvalue weighted by Crippen LogP contribution is -2.49. The third kappa shape index (κ3) is 5.24. The summed E-state index contributed by atoms with van der Waals surface area (Å²) in [6.07, 6.45) is -4.60. The van der Waals surface area contributed by atoms with Crippen LogP contribution in [0.3, 0.4) is 0 Å². The molecule has 11 heteroatoms. The second kappa shape index (κ2) is 9.08. The van der Waals surface area contributed by atoms with E-state index in [1.54, 1.807) is 6.92 Å². The maximum atomic E-state index is 13.0. The summed E-state index contributed by atoms with van der Waals surface area (Å²) in [7, 11) is 0. The van der Waals surface area contributed by atoms with Gasteiger partial charge >= 0.3 is 6.18 Å². The number of hydrogen-bond acceptors (Lipinski definition) is 6. The Morgan fingerprint density at radius 1 is 1.23 bits per heavy atom. The van der Waals surface area contributed by atoms with Gasteiger partial charge in [0, 0.05) is 31.9 Å². The number of nitriles is 1. The van der Waals surface area contributed by atoms with E-state index in [9.17, 15) is 23.2 Å². The summed E-state index contributed by atoms with van der Waals surface area (Å²) in [5, 5.41) is 19.8. The van der Waals surface area contributed by atoms with E-state index in [4.69, 9.17) is 11.6 Å². The number of benzene rings is 1. The summed E-state index contributed by atoms with van der Waals surface area (Å²) in [4.78, 5) is 16.1. The first-order chi connectivity index (χ1) is 14.6. The molecule has 3 rings (SSSR count). The first-order valence-electron chi connectivity index (χ1n) is 9.48. The Hall–Kier alpha value is -2.90. The lowest BCUT2D eigenvalue weighted by atomic mass is 10.1. The maximum Gasteiger partial charge on any atom is 0.417 e. The number of piperazine rings is 1. The van der Waals surface area contributed by atoms with Gasteiger partial charge in [-0.2, -0.15) is 23.5 Å². The van der Waals surface area contributed by atoms with Crippen LogP contribution in [0.15, 0.2) is 18.2 Å². The first-order valence-corrected chi connectivity index (χ1v) is 9.86. The number of aryl methyl sites for hydroxylation is 1. The summed E-state index contributed by atoms with van der Waals surface area (Å²) in [6.45, 7) is 5.79. The van der Waals surface area contributed by atoms with Crippen LogP contribution < -0.4 is 10.2 Å². The zero-order chi connectivity index (χ0) is 22.8. The molecule has 0 aliphatic carbocycles. The summed E-state index contributed by atoms with van der Waals surface area (Å²) in [5.41, 5.74) is 1.01. The summed E-state index contributed by atoms with van der Waals surface area (Å²) < 4.78 is 38.9. The number of nitrogens with zero attached hydrogens (tertiary/aromatic N) is 5. The maximum absolute atomic E-state index is 13.0. The van der Waals surface area contributed by atoms with Gasteiger partial charge in [-0.15, -0.1) is 5.10 Å². The molecular weight excluding hydrogens is 433 g/mol. The Labute approximate surface area is 182 Å². The summed E-state index contributed by atoms with van der Waals surface area (Å²) >= 11 is 5.60. The molecule has 2 heterocycles. The third-order valence-electron chi connectivity index (χ3n) is 5.14. The number of nitrogens with one attached hydrogen (secondary N) is 1. The third-order valence-corrected chi connectivity index (χ3v) is 5.47. The van der Waals surface area contributed by atoms with Crippen molar-refractivity contribution in [2.45, 2.75) is 20.0 Å². The molecule has 1 aliphatic heterocycles. The number of anilines is 2. The van der Waals surface area contributed by atoms with Gasteiger partial charge in [-0.05, 0) is 37.6 Å². The highest BCUT2D eigenvalue weighted by molar-refractivity contribution is 6.31. The second-order valence-corrected chi connectivity index (χ2v) is 7.63. The molecule has 0 unspecified atom stereocenters. The predicted octanol–water partition coefficient (Wildman–Crippen LogP) is 3.40. The molecule has 0 saturated carbocycles. The van der Waals surface area contributed by atoms with Crippen LogP contribution in [0.25, 0.3) is 0 Å². The molecular formula is C20H20ClF3N6O. The fourth-order valence-electron chi connectivity index (χ4n) is 3.29. The molecule has 0 spiro atoms. The minimum Gasteiger partial charge on any atom is -0.351 e. The van der Waals surface area contributed by atoms with Crippen LogP contribution in [0, 0.1) is 25.2 Å². The van der Waals surface area contributed by atoms with Gasteiger partial charge in [-0.3, -0.25) is 9.69 Å². The molecule has 31 heavy (non-hydrogen) atoms. The number of rotatable bonds is 4. The fraction of sp³-hybridized carbons (Fsp3) is 0.400. The average molecular weight is 453 g/mol. The van der Waals surface area contributed by atoms with Crippen molar-refractivity contribution in [3.63, 3.8) is 0 Å². The van der Waals surface area contributed by atoms with Crippen molar-refractivity contribution in [3.05, 3.63) is 45.6 Å². The Morgan fingerprint density at radius 2 is 1.90 bits per heavy atom. The smallest absolute Gasteiger partial charge is 0.351 e. The van der Waals surface area contributed by atoms with Crippen molar-refractivity contribution in [3.8, 4) is 6.07 Å². The Kier molecular flexibility index (Phi) is 6.67. The van der Waals surface area contributed by atoms with Crippen molar-refractivity contribution in [1.82, 2.24) is 15.1 Å². The molecule has 1 aromatic carbocycles. The molecule has 0 atom stereocenters. The van der Waals surface area contributed by atoms with Gasteiger partial charge in [0.25, 0.3) is 0 Å². The van der Waals surface area contributed by atoms with E-state index < -0.39 is 22.7 Å². The molecule has 2 aromatic rings. The topological polar surface area (TPSA) is 85.2 Å². The molecule has 164 valence electrons. The minimum atomic E-state index is -4.60. The van der Waals surface area contributed by atoms with Crippen molar-refractivity contribution >= 4 is 29.0 Å². The van der Waals surface area contributed by atoms with Crippen molar-refractivity contribution in [2.75, 3.05) is 42.9 Å². The van der Waals surface area contributed by atoms with Gasteiger partial charge in [0.15, 0.2) is 5.82 Å². The van der Waals surface area contributed by atoms with Gasteiger partial charge < -0.3 is 10.2 Å². The Morgan fingerprint density at radius 3 is 2.52 bits per heavy atom. The van der Waals surface area contributed by atoms with Crippen molar-refractivity contribution < 1.29 is 18.0 Å². The lowest BCUT2D eigenvalue weighted by Gasteiger charge is -2.35. The zero-order valence-corrected chi connectivity index (χ0v) is 17.7. The van der Waals surface area contributed by atoms with E-state index in [0.29, 0.717) is 43.3 Å². The number of halogens is 4. The standard InChI is InChI=1S/C20H20ClF3N6O/c1-12-13(2)27-28-19(15(12)10-25)30-7-5-29(6-8-30)11-18(31)26-14-3-4-17(21)16(9-14)20(22,23)24/h3-4,9H,5-8,11H2,1-2H3,(H,26,31). The molecule has 1 saturated heterocycles. The van der Waals surface area contributed by atoms with Gasteiger partial charge in [0.2, 0.25) is 5.91 Å². The zero-order valence-electron chi connectivity index (χ0n) is 16.9. The SMILES string of the molecule is Cc1nnc(N2CCN(CC(=O)Nc3ccc(Cl)c(C(F)(F)F)c3)CC2)c(C#N)c1C. The molecule has 1 N–H and O–H groups in total. The fourth-order valence-corrected chi connectivity index (χ4v) is 3.52. The minimum absolute atomic E-state index is 0.0293. The largest absolute Gasteiger partial charge is 0.417 e. The van der Waals surface area contributed by atoms with Crippen LogP contribution in [-0.2, 0) is 11.0 Å². The second-order valence-electron chi connectivity index (χ2n) is 7.22. The lowest BCUT2D eigenvalue weighted by molar-refractivity contribution is -0.137. The first kappa shape index (κ1) is 22.8. The quantitative estimate of drug-likeness (QED) is 0.765. The average Bonchev–Trinajstić information content (AvgIpc) is 2.71. The van der Waals surface area contributed by atoms with Crippen LogP contribution in [-0.4, -0.2) is 53.7 Å². The van der Waals surface area contributed by atoms with Crippen LogP contribution >= 0.6 is 11.6 Å². The predicted molar refractivity (Wildman–Crippen MR) is 110 cm³/mol. The normalized spacial score (nSPS) is 14.9. The van der Waals surface area contributed by atoms with Gasteiger partial charge in [-0.1, -0.05) is 11.6 Å². The molecule has 0 bridgehead atoms. The van der Waals surface area contributed by atoms with Crippen LogP contribution in [0.4, 0.5) is 24.7 Å². The highest BCUT2D eigenvalue weighted by atomic mass is 35.5. The van der Waals surface area contributed by atoms with Crippen LogP contribution in [0.1, 0.15) is 22.4 Å². The van der Waals surface area contributed by atoms with E-state index in [2.05, 4.69) is 21.6 Å². The molecule has 1 aromatic heterocycles. The van der Waals surface area contributed by atoms with E-state index in [1.807, 2.05) is 16.7 Å². The summed E-state index contributed by atoms with van der Waals surface area (Å²) in [6, 6.07) is 5.44. The molecule has 1 amide bonds. The number of aromatic nitrogens is 2. The Bertz CT molecular complexity index is 1030.